The monoisotopic (exact) mass is 339 g/mol. The van der Waals surface area contributed by atoms with Gasteiger partial charge in [-0.2, -0.15) is 0 Å². The van der Waals surface area contributed by atoms with Gasteiger partial charge in [0.05, 0.1) is 14.2 Å². The molecule has 1 aromatic rings. The van der Waals surface area contributed by atoms with E-state index in [1.165, 1.54) is 36.1 Å². The second-order valence-corrected chi connectivity index (χ2v) is 5.74. The summed E-state index contributed by atoms with van der Waals surface area (Å²) in [4.78, 5) is 4.71. The maximum absolute atomic E-state index is 5.41. The minimum Gasteiger partial charge on any atom is -0.493 e. The van der Waals surface area contributed by atoms with Crippen molar-refractivity contribution in [3.63, 3.8) is 0 Å². The predicted molar refractivity (Wildman–Crippen MR) is 86.9 cm³/mol. The van der Waals surface area contributed by atoms with Gasteiger partial charge in [0, 0.05) is 23.1 Å². The number of nitrogens with zero attached hydrogens (tertiary/aromatic N) is 1. The molecule has 0 saturated heterocycles. The van der Waals surface area contributed by atoms with Crippen LogP contribution in [0.2, 0.25) is 0 Å². The van der Waals surface area contributed by atoms with Gasteiger partial charge in [-0.05, 0) is 43.4 Å². The molecular weight excluding hydrogens is 318 g/mol. The zero-order valence-corrected chi connectivity index (χ0v) is 13.8. The van der Waals surface area contributed by atoms with E-state index in [9.17, 15) is 0 Å². The van der Waals surface area contributed by atoms with Crippen molar-refractivity contribution in [2.75, 3.05) is 26.1 Å². The van der Waals surface area contributed by atoms with Gasteiger partial charge in [0.1, 0.15) is 0 Å². The lowest BCUT2D eigenvalue weighted by atomic mass is 9.94. The van der Waals surface area contributed by atoms with Crippen molar-refractivity contribution in [1.29, 1.82) is 0 Å². The number of halogens is 1. The molecule has 0 spiro atoms. The van der Waals surface area contributed by atoms with Crippen LogP contribution in [-0.4, -0.2) is 31.8 Å². The maximum atomic E-state index is 5.41. The molecule has 3 nitrogen and oxygen atoms in total. The number of benzene rings is 1. The zero-order chi connectivity index (χ0) is 14.4. The summed E-state index contributed by atoms with van der Waals surface area (Å²) in [6.07, 6.45) is 5.70. The minimum atomic E-state index is 0.793. The highest BCUT2D eigenvalue weighted by molar-refractivity contribution is 9.09. The van der Waals surface area contributed by atoms with Gasteiger partial charge < -0.3 is 9.47 Å². The van der Waals surface area contributed by atoms with E-state index < -0.39 is 0 Å². The third-order valence-corrected chi connectivity index (χ3v) is 4.21. The van der Waals surface area contributed by atoms with Crippen molar-refractivity contribution in [2.24, 2.45) is 4.99 Å². The summed E-state index contributed by atoms with van der Waals surface area (Å²) in [5.74, 6) is 1.60. The molecule has 0 radical (unpaired) electrons. The van der Waals surface area contributed by atoms with Crippen molar-refractivity contribution in [3.05, 3.63) is 23.3 Å². The van der Waals surface area contributed by atoms with E-state index in [-0.39, 0.29) is 0 Å². The molecule has 0 saturated carbocycles. The quantitative estimate of drug-likeness (QED) is 0.555. The van der Waals surface area contributed by atoms with Gasteiger partial charge in [-0.25, -0.2) is 0 Å². The fourth-order valence-corrected chi connectivity index (χ4v) is 2.97. The summed E-state index contributed by atoms with van der Waals surface area (Å²) >= 11 is 3.48. The standard InChI is InChI=1S/C16H22BrNO2/c1-19-15-10-12-7-9-18-14(6-4-3-5-8-17)13(12)11-16(15)20-2/h10-11H,3-9H2,1-2H3. The molecule has 0 aromatic heterocycles. The van der Waals surface area contributed by atoms with Crippen molar-refractivity contribution < 1.29 is 9.47 Å². The first kappa shape index (κ1) is 15.4. The fourth-order valence-electron chi connectivity index (χ4n) is 2.57. The third kappa shape index (κ3) is 3.54. The molecule has 1 aliphatic rings. The van der Waals surface area contributed by atoms with Gasteiger partial charge in [0.15, 0.2) is 11.5 Å². The van der Waals surface area contributed by atoms with Crippen LogP contribution in [0.4, 0.5) is 0 Å². The Morgan fingerprint density at radius 1 is 1.10 bits per heavy atom. The number of fused-ring (bicyclic) bond motifs is 1. The lowest BCUT2D eigenvalue weighted by molar-refractivity contribution is 0.354. The van der Waals surface area contributed by atoms with E-state index in [0.717, 1.165) is 36.2 Å². The summed E-state index contributed by atoms with van der Waals surface area (Å²) < 4.78 is 10.8. The number of unbranched alkanes of at least 4 members (excludes halogenated alkanes) is 2. The first-order valence-corrected chi connectivity index (χ1v) is 8.27. The topological polar surface area (TPSA) is 30.8 Å². The van der Waals surface area contributed by atoms with Crippen LogP contribution in [0.15, 0.2) is 17.1 Å². The van der Waals surface area contributed by atoms with Gasteiger partial charge in [-0.1, -0.05) is 22.4 Å². The van der Waals surface area contributed by atoms with Crippen LogP contribution < -0.4 is 9.47 Å². The SMILES string of the molecule is COc1cc2c(cc1OC)C(CCCCCBr)=NCC2. The molecule has 0 N–H and O–H groups in total. The van der Waals surface area contributed by atoms with Crippen LogP contribution >= 0.6 is 15.9 Å². The van der Waals surface area contributed by atoms with Crippen molar-refractivity contribution in [2.45, 2.75) is 32.1 Å². The maximum Gasteiger partial charge on any atom is 0.161 e. The van der Waals surface area contributed by atoms with Crippen molar-refractivity contribution in [1.82, 2.24) is 0 Å². The first-order chi connectivity index (χ1) is 9.80. The summed E-state index contributed by atoms with van der Waals surface area (Å²) in [5.41, 5.74) is 3.79. The number of hydrogen-bond acceptors (Lipinski definition) is 3. The molecule has 0 aliphatic carbocycles. The van der Waals surface area contributed by atoms with Crippen LogP contribution in [0.25, 0.3) is 0 Å². The first-order valence-electron chi connectivity index (χ1n) is 7.14. The largest absolute Gasteiger partial charge is 0.493 e. The molecule has 0 bridgehead atoms. The average Bonchev–Trinajstić information content (AvgIpc) is 2.50. The molecule has 1 aliphatic heterocycles. The Morgan fingerprint density at radius 2 is 1.85 bits per heavy atom. The van der Waals surface area contributed by atoms with Crippen LogP contribution in [0, 0.1) is 0 Å². The van der Waals surface area contributed by atoms with E-state index in [1.807, 2.05) is 0 Å². The zero-order valence-electron chi connectivity index (χ0n) is 12.2. The molecule has 4 heteroatoms. The molecule has 20 heavy (non-hydrogen) atoms. The number of rotatable bonds is 7. The van der Waals surface area contributed by atoms with E-state index >= 15 is 0 Å². The van der Waals surface area contributed by atoms with Gasteiger partial charge in [-0.3, -0.25) is 4.99 Å². The fraction of sp³-hybridized carbons (Fsp3) is 0.562. The molecule has 1 aromatic carbocycles. The molecule has 0 atom stereocenters. The van der Waals surface area contributed by atoms with Crippen LogP contribution in [0.5, 0.6) is 11.5 Å². The smallest absolute Gasteiger partial charge is 0.161 e. The molecule has 0 fully saturated rings. The minimum absolute atomic E-state index is 0.793. The Bertz CT molecular complexity index is 486. The Kier molecular flexibility index (Phi) is 5.89. The molecule has 0 amide bonds. The molecule has 2 rings (SSSR count). The predicted octanol–water partition coefficient (Wildman–Crippen LogP) is 4.00. The third-order valence-electron chi connectivity index (χ3n) is 3.65. The van der Waals surface area contributed by atoms with Crippen LogP contribution in [-0.2, 0) is 6.42 Å². The summed E-state index contributed by atoms with van der Waals surface area (Å²) in [7, 11) is 3.36. The highest BCUT2D eigenvalue weighted by Gasteiger charge is 2.17. The average molecular weight is 340 g/mol. The number of hydrogen-bond donors (Lipinski definition) is 0. The summed E-state index contributed by atoms with van der Waals surface area (Å²) in [5, 5.41) is 1.08. The molecule has 110 valence electrons. The number of methoxy groups -OCH3 is 2. The second kappa shape index (κ2) is 7.67. The van der Waals surface area contributed by atoms with Gasteiger partial charge in [-0.15, -0.1) is 0 Å². The molecular formula is C16H22BrNO2. The Balaban J connectivity index is 2.17. The Hall–Kier alpha value is -1.03. The van der Waals surface area contributed by atoms with E-state index in [0.29, 0.717) is 0 Å². The van der Waals surface area contributed by atoms with Crippen LogP contribution in [0.3, 0.4) is 0 Å². The highest BCUT2D eigenvalue weighted by atomic mass is 79.9. The Morgan fingerprint density at radius 3 is 2.55 bits per heavy atom. The van der Waals surface area contributed by atoms with Crippen molar-refractivity contribution >= 4 is 21.6 Å². The second-order valence-electron chi connectivity index (χ2n) is 4.94. The van der Waals surface area contributed by atoms with Crippen LogP contribution in [0.1, 0.15) is 36.8 Å². The molecule has 0 unspecified atom stereocenters. The van der Waals surface area contributed by atoms with E-state index in [1.54, 1.807) is 14.2 Å². The molecule has 1 heterocycles. The summed E-state index contributed by atoms with van der Waals surface area (Å²) in [6, 6.07) is 4.18. The summed E-state index contributed by atoms with van der Waals surface area (Å²) in [6.45, 7) is 0.885. The Labute approximate surface area is 129 Å². The lowest BCUT2D eigenvalue weighted by Gasteiger charge is -2.19. The highest BCUT2D eigenvalue weighted by Crippen LogP contribution is 2.33. The number of alkyl halides is 1. The number of aliphatic imine (C=N–C) groups is 1. The normalized spacial score (nSPS) is 13.7. The van der Waals surface area contributed by atoms with Gasteiger partial charge in [0.2, 0.25) is 0 Å². The van der Waals surface area contributed by atoms with Crippen molar-refractivity contribution in [3.8, 4) is 11.5 Å². The number of ether oxygens (including phenoxy) is 2. The lowest BCUT2D eigenvalue weighted by Crippen LogP contribution is -2.13. The van der Waals surface area contributed by atoms with E-state index in [2.05, 4.69) is 28.1 Å². The van der Waals surface area contributed by atoms with Gasteiger partial charge in [0.25, 0.3) is 0 Å². The van der Waals surface area contributed by atoms with Gasteiger partial charge >= 0.3 is 0 Å². The van der Waals surface area contributed by atoms with E-state index in [4.69, 9.17) is 14.5 Å².